The van der Waals surface area contributed by atoms with Crippen LogP contribution in [0.2, 0.25) is 0 Å². The summed E-state index contributed by atoms with van der Waals surface area (Å²) in [6, 6.07) is 0. The van der Waals surface area contributed by atoms with Crippen molar-refractivity contribution in [1.82, 2.24) is 0 Å². The van der Waals surface area contributed by atoms with Gasteiger partial charge in [0.25, 0.3) is 0 Å². The highest BCUT2D eigenvalue weighted by atomic mass is 17.2. The summed E-state index contributed by atoms with van der Waals surface area (Å²) in [5.74, 6) is -0.754. The highest BCUT2D eigenvalue weighted by Crippen LogP contribution is 2.10. The van der Waals surface area contributed by atoms with E-state index in [2.05, 4.69) is 16.4 Å². The van der Waals surface area contributed by atoms with Crippen molar-refractivity contribution in [1.29, 1.82) is 0 Å². The molecule has 110 valence electrons. The van der Waals surface area contributed by atoms with E-state index in [1.807, 2.05) is 0 Å². The third-order valence-corrected chi connectivity index (χ3v) is 1.47. The van der Waals surface area contributed by atoms with Crippen molar-refractivity contribution in [2.75, 3.05) is 0 Å². The van der Waals surface area contributed by atoms with Gasteiger partial charge in [0.15, 0.2) is 0 Å². The van der Waals surface area contributed by atoms with E-state index in [9.17, 15) is 9.59 Å². The molecule has 2 unspecified atom stereocenters. The molecule has 19 heavy (non-hydrogen) atoms. The zero-order valence-electron chi connectivity index (χ0n) is 11.8. The molecule has 0 saturated heterocycles. The molecule has 0 bridgehead atoms. The highest BCUT2D eigenvalue weighted by molar-refractivity contribution is 5.80. The van der Waals surface area contributed by atoms with E-state index in [0.717, 1.165) is 6.08 Å². The van der Waals surface area contributed by atoms with Crippen LogP contribution in [0.3, 0.4) is 0 Å². The summed E-state index contributed by atoms with van der Waals surface area (Å²) in [4.78, 5) is 30.9. The van der Waals surface area contributed by atoms with Gasteiger partial charge in [-0.15, -0.1) is 0 Å². The van der Waals surface area contributed by atoms with Crippen LogP contribution in [0.4, 0.5) is 4.79 Å². The van der Waals surface area contributed by atoms with Crippen LogP contribution in [0.25, 0.3) is 0 Å². The van der Waals surface area contributed by atoms with Crippen molar-refractivity contribution in [2.45, 2.75) is 52.8 Å². The van der Waals surface area contributed by atoms with Crippen LogP contribution in [0.5, 0.6) is 0 Å². The van der Waals surface area contributed by atoms with E-state index in [1.165, 1.54) is 13.8 Å². The zero-order chi connectivity index (χ0) is 15.1. The second-order valence-electron chi connectivity index (χ2n) is 4.56. The van der Waals surface area contributed by atoms with Gasteiger partial charge in [0.1, 0.15) is 5.60 Å². The fraction of sp³-hybridized carbons (Fsp3) is 0.667. The lowest BCUT2D eigenvalue weighted by molar-refractivity contribution is -0.363. The molecule has 0 aliphatic carbocycles. The van der Waals surface area contributed by atoms with Gasteiger partial charge in [-0.3, -0.25) is 4.89 Å². The lowest BCUT2D eigenvalue weighted by Gasteiger charge is -2.22. The Hall–Kier alpha value is -1.60. The van der Waals surface area contributed by atoms with E-state index in [4.69, 9.17) is 14.2 Å². The maximum absolute atomic E-state index is 11.3. The van der Waals surface area contributed by atoms with Gasteiger partial charge in [0.2, 0.25) is 12.6 Å². The summed E-state index contributed by atoms with van der Waals surface area (Å²) in [6.45, 7) is 11.3. The first-order valence-corrected chi connectivity index (χ1v) is 5.69. The Bertz CT molecular complexity index is 319. The average Bonchev–Trinajstić information content (AvgIpc) is 2.22. The maximum atomic E-state index is 11.3. The van der Waals surface area contributed by atoms with E-state index < -0.39 is 30.3 Å². The van der Waals surface area contributed by atoms with Crippen LogP contribution < -0.4 is 0 Å². The van der Waals surface area contributed by atoms with Crippen molar-refractivity contribution < 1.29 is 33.6 Å². The first-order valence-electron chi connectivity index (χ1n) is 5.69. The Balaban J connectivity index is 3.96. The Morgan fingerprint density at radius 3 is 2.21 bits per heavy atom. The summed E-state index contributed by atoms with van der Waals surface area (Å²) in [5, 5.41) is 0. The molecular formula is C12H20O7. The zero-order valence-corrected chi connectivity index (χ0v) is 11.8. The van der Waals surface area contributed by atoms with E-state index >= 15 is 0 Å². The van der Waals surface area contributed by atoms with Gasteiger partial charge in [-0.05, 0) is 34.6 Å². The maximum Gasteiger partial charge on any atom is 0.511 e. The van der Waals surface area contributed by atoms with Gasteiger partial charge in [0, 0.05) is 6.08 Å². The fourth-order valence-electron chi connectivity index (χ4n) is 0.879. The topological polar surface area (TPSA) is 80.3 Å². The lowest BCUT2D eigenvalue weighted by Crippen LogP contribution is -2.30. The molecule has 0 fully saturated rings. The van der Waals surface area contributed by atoms with Crippen molar-refractivity contribution in [2.24, 2.45) is 0 Å². The van der Waals surface area contributed by atoms with Gasteiger partial charge in [0.05, 0.1) is 0 Å². The Morgan fingerprint density at radius 1 is 1.16 bits per heavy atom. The van der Waals surface area contributed by atoms with Crippen LogP contribution in [-0.2, 0) is 28.8 Å². The molecule has 0 aromatic rings. The first-order chi connectivity index (χ1) is 8.64. The van der Waals surface area contributed by atoms with Crippen molar-refractivity contribution in [3.05, 3.63) is 12.7 Å². The van der Waals surface area contributed by atoms with Crippen LogP contribution in [-0.4, -0.2) is 30.3 Å². The van der Waals surface area contributed by atoms with Crippen LogP contribution in [0.15, 0.2) is 12.7 Å². The van der Waals surface area contributed by atoms with Gasteiger partial charge in [-0.1, -0.05) is 6.58 Å². The molecule has 0 spiro atoms. The molecule has 0 heterocycles. The normalized spacial score (nSPS) is 14.2. The lowest BCUT2D eigenvalue weighted by atomic mass is 10.2. The van der Waals surface area contributed by atoms with Gasteiger partial charge in [-0.2, -0.15) is 4.89 Å². The summed E-state index contributed by atoms with van der Waals surface area (Å²) in [6.07, 6.45) is -1.77. The van der Waals surface area contributed by atoms with Crippen molar-refractivity contribution in [3.63, 3.8) is 0 Å². The van der Waals surface area contributed by atoms with Gasteiger partial charge < -0.3 is 14.2 Å². The summed E-state index contributed by atoms with van der Waals surface area (Å²) in [5.41, 5.74) is -0.654. The smallest absolute Gasteiger partial charge is 0.429 e. The van der Waals surface area contributed by atoms with E-state index in [0.29, 0.717) is 0 Å². The SMILES string of the molecule is C=CC(=O)OOC(C)OC(C)OC(=O)OC(C)(C)C. The number of hydrogen-bond acceptors (Lipinski definition) is 7. The molecule has 0 aromatic carbocycles. The van der Waals surface area contributed by atoms with Crippen LogP contribution in [0.1, 0.15) is 34.6 Å². The minimum atomic E-state index is -0.924. The Morgan fingerprint density at radius 2 is 1.74 bits per heavy atom. The number of rotatable bonds is 6. The van der Waals surface area contributed by atoms with E-state index in [1.54, 1.807) is 20.8 Å². The second-order valence-corrected chi connectivity index (χ2v) is 4.56. The molecule has 0 amide bonds. The highest BCUT2D eigenvalue weighted by Gasteiger charge is 2.21. The number of carbonyl (C=O) groups excluding carboxylic acids is 2. The molecule has 0 aromatic heterocycles. The predicted molar refractivity (Wildman–Crippen MR) is 64.7 cm³/mol. The quantitative estimate of drug-likeness (QED) is 0.242. The first kappa shape index (κ1) is 17.4. The molecule has 2 atom stereocenters. The number of hydrogen-bond donors (Lipinski definition) is 0. The molecule has 0 aliphatic rings. The van der Waals surface area contributed by atoms with Gasteiger partial charge in [-0.25, -0.2) is 9.59 Å². The standard InChI is InChI=1S/C12H20O7/c1-7-10(13)19-18-9(3)15-8(2)16-11(14)17-12(4,5)6/h7-9H,1H2,2-6H3. The third kappa shape index (κ3) is 10.0. The molecule has 0 N–H and O–H groups in total. The molecule has 7 nitrogen and oxygen atoms in total. The van der Waals surface area contributed by atoms with E-state index in [-0.39, 0.29) is 0 Å². The minimum absolute atomic E-state index is 0.654. The van der Waals surface area contributed by atoms with Crippen LogP contribution >= 0.6 is 0 Å². The largest absolute Gasteiger partial charge is 0.511 e. The Kier molecular flexibility index (Phi) is 7.10. The molecule has 0 saturated carbocycles. The van der Waals surface area contributed by atoms with Crippen molar-refractivity contribution in [3.8, 4) is 0 Å². The molecular weight excluding hydrogens is 256 g/mol. The molecule has 0 rings (SSSR count). The molecule has 7 heteroatoms. The minimum Gasteiger partial charge on any atom is -0.429 e. The van der Waals surface area contributed by atoms with Gasteiger partial charge >= 0.3 is 12.1 Å². The fourth-order valence-corrected chi connectivity index (χ4v) is 0.879. The molecule has 0 aliphatic heterocycles. The number of ether oxygens (including phenoxy) is 3. The second kappa shape index (κ2) is 7.75. The van der Waals surface area contributed by atoms with Crippen LogP contribution in [0, 0.1) is 0 Å². The third-order valence-electron chi connectivity index (χ3n) is 1.47. The average molecular weight is 276 g/mol. The van der Waals surface area contributed by atoms with Crippen molar-refractivity contribution >= 4 is 12.1 Å². The number of carbonyl (C=O) groups is 2. The Labute approximate surface area is 112 Å². The summed E-state index contributed by atoms with van der Waals surface area (Å²) < 4.78 is 14.8. The monoisotopic (exact) mass is 276 g/mol. The summed E-state index contributed by atoms with van der Waals surface area (Å²) in [7, 11) is 0. The predicted octanol–water partition coefficient (Wildman–Crippen LogP) is 2.31. The summed E-state index contributed by atoms with van der Waals surface area (Å²) >= 11 is 0. The molecule has 0 radical (unpaired) electrons.